The maximum Gasteiger partial charge on any atom is 0.203 e. The van der Waals surface area contributed by atoms with Crippen LogP contribution in [0.25, 0.3) is 0 Å². The second kappa shape index (κ2) is 8.30. The molecule has 23 heavy (non-hydrogen) atoms. The van der Waals surface area contributed by atoms with Gasteiger partial charge in [-0.3, -0.25) is 0 Å². The Morgan fingerprint density at radius 3 is 2.26 bits per heavy atom. The lowest BCUT2D eigenvalue weighted by atomic mass is 10.1. The fourth-order valence-corrected chi connectivity index (χ4v) is 2.50. The molecule has 0 saturated carbocycles. The summed E-state index contributed by atoms with van der Waals surface area (Å²) in [4.78, 5) is 2.11. The Labute approximate surface area is 136 Å². The zero-order chi connectivity index (χ0) is 16.7. The van der Waals surface area contributed by atoms with Crippen LogP contribution in [-0.4, -0.2) is 52.5 Å². The van der Waals surface area contributed by atoms with E-state index in [9.17, 15) is 5.26 Å². The van der Waals surface area contributed by atoms with Crippen molar-refractivity contribution in [2.45, 2.75) is 6.42 Å². The second-order valence-corrected chi connectivity index (χ2v) is 5.12. The number of rotatable bonds is 6. The first-order valence-electron chi connectivity index (χ1n) is 7.43. The second-order valence-electron chi connectivity index (χ2n) is 5.12. The molecule has 2 rings (SSSR count). The first-order chi connectivity index (χ1) is 11.2. The van der Waals surface area contributed by atoms with E-state index in [1.54, 1.807) is 21.3 Å². The van der Waals surface area contributed by atoms with Gasteiger partial charge in [-0.15, -0.1) is 0 Å². The molecule has 1 saturated heterocycles. The molecule has 0 unspecified atom stereocenters. The van der Waals surface area contributed by atoms with Gasteiger partial charge in [0.25, 0.3) is 0 Å². The fraction of sp³-hybridized carbons (Fsp3) is 0.471. The number of morpholine rings is 1. The van der Waals surface area contributed by atoms with Crippen LogP contribution >= 0.6 is 0 Å². The highest BCUT2D eigenvalue weighted by Crippen LogP contribution is 2.38. The molecule has 0 spiro atoms. The Morgan fingerprint density at radius 1 is 1.17 bits per heavy atom. The molecule has 6 nitrogen and oxygen atoms in total. The van der Waals surface area contributed by atoms with Crippen LogP contribution in [0.2, 0.25) is 0 Å². The molecule has 1 aromatic rings. The predicted octanol–water partition coefficient (Wildman–Crippen LogP) is 1.99. The summed E-state index contributed by atoms with van der Waals surface area (Å²) in [5.74, 6) is 1.73. The van der Waals surface area contributed by atoms with E-state index >= 15 is 0 Å². The summed E-state index contributed by atoms with van der Waals surface area (Å²) < 4.78 is 21.3. The molecule has 124 valence electrons. The largest absolute Gasteiger partial charge is 0.493 e. The molecule has 6 heteroatoms. The molecule has 0 bridgehead atoms. The van der Waals surface area contributed by atoms with Crippen molar-refractivity contribution in [3.63, 3.8) is 0 Å². The number of hydrogen-bond donors (Lipinski definition) is 0. The fourth-order valence-electron chi connectivity index (χ4n) is 2.50. The summed E-state index contributed by atoms with van der Waals surface area (Å²) in [5, 5.41) is 9.41. The van der Waals surface area contributed by atoms with E-state index in [2.05, 4.69) is 11.0 Å². The first-order valence-corrected chi connectivity index (χ1v) is 7.43. The van der Waals surface area contributed by atoms with Crippen LogP contribution in [0.5, 0.6) is 17.2 Å². The van der Waals surface area contributed by atoms with Crippen LogP contribution in [0.4, 0.5) is 0 Å². The van der Waals surface area contributed by atoms with E-state index in [4.69, 9.17) is 18.9 Å². The molecule has 0 atom stereocenters. The molecule has 0 aromatic heterocycles. The van der Waals surface area contributed by atoms with Gasteiger partial charge in [-0.2, -0.15) is 5.26 Å². The van der Waals surface area contributed by atoms with Gasteiger partial charge in [0.15, 0.2) is 11.5 Å². The van der Waals surface area contributed by atoms with Crippen molar-refractivity contribution >= 4 is 0 Å². The maximum absolute atomic E-state index is 9.41. The summed E-state index contributed by atoms with van der Waals surface area (Å²) >= 11 is 0. The number of benzene rings is 1. The lowest BCUT2D eigenvalue weighted by Gasteiger charge is -2.25. The number of hydrogen-bond acceptors (Lipinski definition) is 6. The summed E-state index contributed by atoms with van der Waals surface area (Å²) in [7, 11) is 4.73. The summed E-state index contributed by atoms with van der Waals surface area (Å²) in [5.41, 5.74) is 1.61. The smallest absolute Gasteiger partial charge is 0.203 e. The molecule has 1 fully saturated rings. The zero-order valence-corrected chi connectivity index (χ0v) is 13.8. The number of allylic oxidation sites excluding steroid dienone is 1. The van der Waals surface area contributed by atoms with Gasteiger partial charge in [-0.25, -0.2) is 0 Å². The Morgan fingerprint density at radius 2 is 1.78 bits per heavy atom. The first kappa shape index (κ1) is 17.0. The molecule has 0 amide bonds. The van der Waals surface area contributed by atoms with Crippen LogP contribution in [0.3, 0.4) is 0 Å². The third-order valence-corrected chi connectivity index (χ3v) is 3.65. The summed E-state index contributed by atoms with van der Waals surface area (Å²) in [6.45, 7) is 3.00. The van der Waals surface area contributed by atoms with Gasteiger partial charge in [0, 0.05) is 31.3 Å². The van der Waals surface area contributed by atoms with Crippen molar-refractivity contribution in [3.8, 4) is 23.3 Å². The van der Waals surface area contributed by atoms with E-state index < -0.39 is 0 Å². The molecule has 1 aliphatic heterocycles. The van der Waals surface area contributed by atoms with E-state index in [1.807, 2.05) is 18.3 Å². The van der Waals surface area contributed by atoms with Gasteiger partial charge >= 0.3 is 0 Å². The lowest BCUT2D eigenvalue weighted by Crippen LogP contribution is -2.32. The lowest BCUT2D eigenvalue weighted by molar-refractivity contribution is 0.0591. The minimum absolute atomic E-state index is 0.505. The predicted molar refractivity (Wildman–Crippen MR) is 85.9 cm³/mol. The molecule has 0 N–H and O–H groups in total. The Bertz CT molecular complexity index is 576. The van der Waals surface area contributed by atoms with Crippen LogP contribution in [0.1, 0.15) is 5.56 Å². The van der Waals surface area contributed by atoms with Crippen molar-refractivity contribution in [3.05, 3.63) is 29.5 Å². The van der Waals surface area contributed by atoms with Crippen LogP contribution in [0, 0.1) is 11.3 Å². The topological polar surface area (TPSA) is 64.0 Å². The van der Waals surface area contributed by atoms with Crippen molar-refractivity contribution in [2.24, 2.45) is 0 Å². The zero-order valence-electron chi connectivity index (χ0n) is 13.8. The number of ether oxygens (including phenoxy) is 4. The molecule has 0 aliphatic carbocycles. The SMILES string of the molecule is COc1cc(C/C(C#N)=C/N2CCOCC2)cc(OC)c1OC. The molecule has 1 aromatic carbocycles. The molecule has 1 aliphatic rings. The molecule has 1 heterocycles. The van der Waals surface area contributed by atoms with Gasteiger partial charge in [-0.1, -0.05) is 0 Å². The average molecular weight is 318 g/mol. The number of nitriles is 1. The van der Waals surface area contributed by atoms with Crippen molar-refractivity contribution in [1.29, 1.82) is 5.26 Å². The highest BCUT2D eigenvalue weighted by molar-refractivity contribution is 5.54. The standard InChI is InChI=1S/C17H22N2O4/c1-20-15-9-13(10-16(21-2)17(15)22-3)8-14(11-18)12-19-4-6-23-7-5-19/h9-10,12H,4-8H2,1-3H3/b14-12-. The van der Waals surface area contributed by atoms with Crippen LogP contribution in [0.15, 0.2) is 23.9 Å². The van der Waals surface area contributed by atoms with Gasteiger partial charge in [0.2, 0.25) is 5.75 Å². The Balaban J connectivity index is 2.23. The van der Waals surface area contributed by atoms with E-state index in [-0.39, 0.29) is 0 Å². The molecular formula is C17H22N2O4. The van der Waals surface area contributed by atoms with Crippen LogP contribution < -0.4 is 14.2 Å². The minimum atomic E-state index is 0.505. The maximum atomic E-state index is 9.41. The van der Waals surface area contributed by atoms with E-state index in [0.717, 1.165) is 18.7 Å². The van der Waals surface area contributed by atoms with Gasteiger partial charge in [0.05, 0.1) is 40.6 Å². The van der Waals surface area contributed by atoms with Gasteiger partial charge in [-0.05, 0) is 17.7 Å². The normalized spacial score (nSPS) is 15.0. The summed E-state index contributed by atoms with van der Waals surface area (Å²) in [6, 6.07) is 6.00. The van der Waals surface area contributed by atoms with E-state index in [0.29, 0.717) is 42.5 Å². The third kappa shape index (κ3) is 4.30. The average Bonchev–Trinajstić information content (AvgIpc) is 2.61. The third-order valence-electron chi connectivity index (χ3n) is 3.65. The highest BCUT2D eigenvalue weighted by atomic mass is 16.5. The van der Waals surface area contributed by atoms with Gasteiger partial charge in [0.1, 0.15) is 0 Å². The number of methoxy groups -OCH3 is 3. The Kier molecular flexibility index (Phi) is 6.12. The molecular weight excluding hydrogens is 296 g/mol. The van der Waals surface area contributed by atoms with Crippen molar-refractivity contribution < 1.29 is 18.9 Å². The monoisotopic (exact) mass is 318 g/mol. The minimum Gasteiger partial charge on any atom is -0.493 e. The van der Waals surface area contributed by atoms with Crippen molar-refractivity contribution in [1.82, 2.24) is 4.90 Å². The molecule has 0 radical (unpaired) electrons. The Hall–Kier alpha value is -2.39. The quantitative estimate of drug-likeness (QED) is 0.748. The summed E-state index contributed by atoms with van der Waals surface area (Å²) in [6.07, 6.45) is 2.41. The van der Waals surface area contributed by atoms with Crippen molar-refractivity contribution in [2.75, 3.05) is 47.6 Å². The van der Waals surface area contributed by atoms with E-state index in [1.165, 1.54) is 0 Å². The highest BCUT2D eigenvalue weighted by Gasteiger charge is 2.14. The number of nitrogens with zero attached hydrogens (tertiary/aromatic N) is 2. The van der Waals surface area contributed by atoms with Crippen LogP contribution in [-0.2, 0) is 11.2 Å². The van der Waals surface area contributed by atoms with Gasteiger partial charge < -0.3 is 23.8 Å².